The van der Waals surface area contributed by atoms with Crippen LogP contribution in [0, 0.1) is 0 Å². The Morgan fingerprint density at radius 1 is 1.47 bits per heavy atom. The van der Waals surface area contributed by atoms with Gasteiger partial charge in [-0.1, -0.05) is 0 Å². The molecule has 102 valence electrons. The Hall–Kier alpha value is -0.820. The highest BCUT2D eigenvalue weighted by Crippen LogP contribution is 2.17. The largest absolute Gasteiger partial charge is 0.406 e. The Labute approximate surface area is 98.3 Å². The van der Waals surface area contributed by atoms with Gasteiger partial charge in [-0.15, -0.1) is 0 Å². The first-order chi connectivity index (χ1) is 7.80. The van der Waals surface area contributed by atoms with Crippen molar-refractivity contribution in [2.75, 3.05) is 26.8 Å². The van der Waals surface area contributed by atoms with Crippen molar-refractivity contribution >= 4 is 5.91 Å². The van der Waals surface area contributed by atoms with Gasteiger partial charge >= 0.3 is 6.18 Å². The highest BCUT2D eigenvalue weighted by atomic mass is 19.4. The lowest BCUT2D eigenvalue weighted by molar-refractivity contribution is -0.162. The van der Waals surface area contributed by atoms with Crippen LogP contribution in [-0.4, -0.2) is 55.0 Å². The number of carbonyl (C=O) groups is 1. The van der Waals surface area contributed by atoms with Crippen LogP contribution >= 0.6 is 0 Å². The van der Waals surface area contributed by atoms with Crippen molar-refractivity contribution < 1.29 is 27.8 Å². The molecule has 0 aliphatic heterocycles. The first-order valence-electron chi connectivity index (χ1n) is 5.28. The maximum absolute atomic E-state index is 12.2. The van der Waals surface area contributed by atoms with E-state index in [1.165, 1.54) is 7.11 Å². The Balaban J connectivity index is 4.24. The summed E-state index contributed by atoms with van der Waals surface area (Å²) in [6.45, 7) is -0.386. The summed E-state index contributed by atoms with van der Waals surface area (Å²) in [6.07, 6.45) is -4.29. The second-order valence-electron chi connectivity index (χ2n) is 3.74. The zero-order chi connectivity index (χ0) is 13.5. The van der Waals surface area contributed by atoms with Crippen LogP contribution in [0.3, 0.4) is 0 Å². The van der Waals surface area contributed by atoms with Crippen LogP contribution in [0.25, 0.3) is 0 Å². The molecule has 4 nitrogen and oxygen atoms in total. The quantitative estimate of drug-likeness (QED) is 0.745. The zero-order valence-corrected chi connectivity index (χ0v) is 9.96. The molecule has 0 heterocycles. The van der Waals surface area contributed by atoms with Crippen LogP contribution in [0.1, 0.15) is 19.8 Å². The molecule has 0 radical (unpaired) electrons. The maximum Gasteiger partial charge on any atom is 0.406 e. The van der Waals surface area contributed by atoms with Gasteiger partial charge < -0.3 is 14.7 Å². The number of aliphatic hydroxyl groups is 1. The second kappa shape index (κ2) is 7.50. The number of hydrogen-bond donors (Lipinski definition) is 1. The molecule has 0 aromatic rings. The van der Waals surface area contributed by atoms with Crippen molar-refractivity contribution in [2.24, 2.45) is 0 Å². The summed E-state index contributed by atoms with van der Waals surface area (Å²) in [5, 5.41) is 8.62. The Kier molecular flexibility index (Phi) is 7.13. The van der Waals surface area contributed by atoms with Crippen molar-refractivity contribution in [2.45, 2.75) is 32.0 Å². The number of nitrogens with zero attached hydrogens (tertiary/aromatic N) is 1. The summed E-state index contributed by atoms with van der Waals surface area (Å²) in [5.74, 6) is -0.625. The molecule has 1 unspecified atom stereocenters. The third-order valence-electron chi connectivity index (χ3n) is 2.26. The van der Waals surface area contributed by atoms with E-state index in [-0.39, 0.29) is 19.1 Å². The van der Waals surface area contributed by atoms with Crippen LogP contribution in [0.4, 0.5) is 13.2 Å². The third-order valence-corrected chi connectivity index (χ3v) is 2.26. The number of halogens is 3. The first-order valence-corrected chi connectivity index (χ1v) is 5.28. The number of alkyl halides is 3. The minimum Gasteiger partial charge on any atom is -0.395 e. The van der Waals surface area contributed by atoms with Gasteiger partial charge in [0.2, 0.25) is 5.91 Å². The molecule has 0 spiro atoms. The van der Waals surface area contributed by atoms with Crippen LogP contribution < -0.4 is 0 Å². The molecular weight excluding hydrogens is 239 g/mol. The number of carbonyl (C=O) groups excluding carboxylic acids is 1. The van der Waals surface area contributed by atoms with E-state index in [2.05, 4.69) is 0 Å². The fourth-order valence-corrected chi connectivity index (χ4v) is 1.23. The van der Waals surface area contributed by atoms with Gasteiger partial charge in [0.25, 0.3) is 0 Å². The van der Waals surface area contributed by atoms with Gasteiger partial charge in [0.15, 0.2) is 0 Å². The summed E-state index contributed by atoms with van der Waals surface area (Å²) >= 11 is 0. The van der Waals surface area contributed by atoms with Gasteiger partial charge in [0.05, 0.1) is 12.7 Å². The molecule has 0 aromatic carbocycles. The van der Waals surface area contributed by atoms with Crippen molar-refractivity contribution in [3.63, 3.8) is 0 Å². The summed E-state index contributed by atoms with van der Waals surface area (Å²) in [4.78, 5) is 12.1. The minimum absolute atomic E-state index is 0.0227. The Morgan fingerprint density at radius 2 is 2.06 bits per heavy atom. The fraction of sp³-hybridized carbons (Fsp3) is 0.900. The number of hydrogen-bond acceptors (Lipinski definition) is 3. The Morgan fingerprint density at radius 3 is 2.47 bits per heavy atom. The highest BCUT2D eigenvalue weighted by Gasteiger charge is 2.32. The monoisotopic (exact) mass is 257 g/mol. The van der Waals surface area contributed by atoms with E-state index < -0.39 is 25.2 Å². The zero-order valence-electron chi connectivity index (χ0n) is 9.96. The third kappa shape index (κ3) is 7.98. The van der Waals surface area contributed by atoms with Crippen molar-refractivity contribution in [3.8, 4) is 0 Å². The summed E-state index contributed by atoms with van der Waals surface area (Å²) in [7, 11) is 1.47. The normalized spacial score (nSPS) is 13.5. The number of ether oxygens (including phenoxy) is 1. The SMILES string of the molecule is COC(C)CCC(=O)N(CCO)CC(F)(F)F. The fourth-order valence-electron chi connectivity index (χ4n) is 1.23. The van der Waals surface area contributed by atoms with Crippen LogP contribution in [0.15, 0.2) is 0 Å². The standard InChI is InChI=1S/C10H18F3NO3/c1-8(17-2)3-4-9(16)14(5-6-15)7-10(11,12)13/h8,15H,3-7H2,1-2H3. The molecule has 0 rings (SSSR count). The van der Waals surface area contributed by atoms with Crippen molar-refractivity contribution in [3.05, 3.63) is 0 Å². The van der Waals surface area contributed by atoms with Crippen LogP contribution in [-0.2, 0) is 9.53 Å². The minimum atomic E-state index is -4.45. The van der Waals surface area contributed by atoms with E-state index in [4.69, 9.17) is 9.84 Å². The second-order valence-corrected chi connectivity index (χ2v) is 3.74. The molecule has 1 N–H and O–H groups in total. The van der Waals surface area contributed by atoms with Crippen LogP contribution in [0.5, 0.6) is 0 Å². The first kappa shape index (κ1) is 16.2. The number of amides is 1. The molecule has 0 aromatic heterocycles. The van der Waals surface area contributed by atoms with E-state index in [1.54, 1.807) is 6.92 Å². The van der Waals surface area contributed by atoms with Gasteiger partial charge in [-0.05, 0) is 13.3 Å². The van der Waals surface area contributed by atoms with E-state index in [0.717, 1.165) is 0 Å². The van der Waals surface area contributed by atoms with Gasteiger partial charge in [-0.2, -0.15) is 13.2 Å². The summed E-state index contributed by atoms with van der Waals surface area (Å²) in [6, 6.07) is 0. The van der Waals surface area contributed by atoms with Crippen molar-refractivity contribution in [1.29, 1.82) is 0 Å². The molecule has 0 saturated carbocycles. The molecule has 17 heavy (non-hydrogen) atoms. The van der Waals surface area contributed by atoms with Crippen LogP contribution in [0.2, 0.25) is 0 Å². The number of methoxy groups -OCH3 is 1. The molecule has 0 bridgehead atoms. The predicted octanol–water partition coefficient (Wildman–Crippen LogP) is 1.18. The molecule has 0 aliphatic rings. The number of rotatable bonds is 7. The lowest BCUT2D eigenvalue weighted by atomic mass is 10.2. The number of aliphatic hydroxyl groups excluding tert-OH is 1. The van der Waals surface area contributed by atoms with Gasteiger partial charge in [-0.3, -0.25) is 4.79 Å². The average Bonchev–Trinajstić information content (AvgIpc) is 2.23. The molecule has 1 amide bonds. The highest BCUT2D eigenvalue weighted by molar-refractivity contribution is 5.76. The maximum atomic E-state index is 12.2. The van der Waals surface area contributed by atoms with E-state index in [9.17, 15) is 18.0 Å². The smallest absolute Gasteiger partial charge is 0.395 e. The topological polar surface area (TPSA) is 49.8 Å². The van der Waals surface area contributed by atoms with E-state index in [0.29, 0.717) is 11.3 Å². The van der Waals surface area contributed by atoms with Crippen molar-refractivity contribution in [1.82, 2.24) is 4.90 Å². The molecular formula is C10H18F3NO3. The van der Waals surface area contributed by atoms with Gasteiger partial charge in [-0.25, -0.2) is 0 Å². The summed E-state index contributed by atoms with van der Waals surface area (Å²) in [5.41, 5.74) is 0. The summed E-state index contributed by atoms with van der Waals surface area (Å²) < 4.78 is 41.4. The van der Waals surface area contributed by atoms with Gasteiger partial charge in [0.1, 0.15) is 6.54 Å². The molecule has 7 heteroatoms. The Bertz CT molecular complexity index is 233. The van der Waals surface area contributed by atoms with E-state index >= 15 is 0 Å². The lowest BCUT2D eigenvalue weighted by Gasteiger charge is -2.23. The molecule has 0 fully saturated rings. The average molecular weight is 257 g/mol. The lowest BCUT2D eigenvalue weighted by Crippen LogP contribution is -2.40. The molecule has 1 atom stereocenters. The van der Waals surface area contributed by atoms with Gasteiger partial charge in [0, 0.05) is 20.1 Å². The predicted molar refractivity (Wildman–Crippen MR) is 55.4 cm³/mol. The van der Waals surface area contributed by atoms with E-state index in [1.807, 2.05) is 0 Å². The molecule has 0 saturated heterocycles. The molecule has 0 aliphatic carbocycles.